The SMILES string of the molecule is COc1cccc(Cl)c1CN=C(N)N=C(N)N. The van der Waals surface area contributed by atoms with E-state index in [4.69, 9.17) is 33.5 Å². The Morgan fingerprint density at radius 3 is 2.65 bits per heavy atom. The van der Waals surface area contributed by atoms with Gasteiger partial charge in [0.2, 0.25) is 5.96 Å². The van der Waals surface area contributed by atoms with Gasteiger partial charge < -0.3 is 21.9 Å². The number of hydrogen-bond acceptors (Lipinski definition) is 2. The molecule has 0 spiro atoms. The van der Waals surface area contributed by atoms with Crippen molar-refractivity contribution in [3.8, 4) is 5.75 Å². The molecule has 0 aromatic heterocycles. The molecule has 0 fully saturated rings. The molecule has 0 atom stereocenters. The molecule has 0 aliphatic carbocycles. The summed E-state index contributed by atoms with van der Waals surface area (Å²) in [7, 11) is 1.55. The van der Waals surface area contributed by atoms with Crippen LogP contribution < -0.4 is 21.9 Å². The minimum atomic E-state index is -0.141. The van der Waals surface area contributed by atoms with Crippen molar-refractivity contribution < 1.29 is 4.74 Å². The van der Waals surface area contributed by atoms with E-state index in [0.717, 1.165) is 5.56 Å². The Morgan fingerprint density at radius 2 is 2.06 bits per heavy atom. The molecule has 1 aromatic rings. The minimum Gasteiger partial charge on any atom is -0.496 e. The molecule has 1 aromatic carbocycles. The molecule has 0 aliphatic rings. The third-order valence-electron chi connectivity index (χ3n) is 1.94. The topological polar surface area (TPSA) is 112 Å². The van der Waals surface area contributed by atoms with Crippen LogP contribution in [0.5, 0.6) is 5.75 Å². The van der Waals surface area contributed by atoms with E-state index in [1.807, 2.05) is 0 Å². The molecule has 0 radical (unpaired) electrons. The van der Waals surface area contributed by atoms with Crippen molar-refractivity contribution in [3.63, 3.8) is 0 Å². The van der Waals surface area contributed by atoms with Crippen LogP contribution in [-0.2, 0) is 6.54 Å². The van der Waals surface area contributed by atoms with Crippen molar-refractivity contribution in [2.45, 2.75) is 6.54 Å². The van der Waals surface area contributed by atoms with Crippen molar-refractivity contribution >= 4 is 23.5 Å². The summed E-state index contributed by atoms with van der Waals surface area (Å²) >= 11 is 6.02. The van der Waals surface area contributed by atoms with Gasteiger partial charge in [0, 0.05) is 10.6 Å². The number of hydrogen-bond donors (Lipinski definition) is 3. The summed E-state index contributed by atoms with van der Waals surface area (Å²) in [6.07, 6.45) is 0. The average molecular weight is 256 g/mol. The molecule has 92 valence electrons. The van der Waals surface area contributed by atoms with E-state index in [0.29, 0.717) is 10.8 Å². The standard InChI is InChI=1S/C10H14ClN5O/c1-17-8-4-2-3-7(11)6(8)5-15-10(14)16-9(12)13/h2-4H,5H2,1H3,(H6,12,13,14,15,16). The predicted octanol–water partition coefficient (Wildman–Crippen LogP) is 0.437. The molecule has 0 bridgehead atoms. The van der Waals surface area contributed by atoms with E-state index < -0.39 is 0 Å². The highest BCUT2D eigenvalue weighted by molar-refractivity contribution is 6.31. The third kappa shape index (κ3) is 3.84. The fourth-order valence-electron chi connectivity index (χ4n) is 1.21. The molecule has 0 aliphatic heterocycles. The van der Waals surface area contributed by atoms with Crippen LogP contribution in [0.4, 0.5) is 0 Å². The van der Waals surface area contributed by atoms with Crippen LogP contribution in [0.25, 0.3) is 0 Å². The molecule has 0 saturated carbocycles. The van der Waals surface area contributed by atoms with Crippen LogP contribution in [0.1, 0.15) is 5.56 Å². The zero-order valence-electron chi connectivity index (χ0n) is 9.35. The number of nitrogens with zero attached hydrogens (tertiary/aromatic N) is 2. The number of nitrogens with two attached hydrogens (primary N) is 3. The Balaban J connectivity index is 2.92. The molecule has 0 heterocycles. The minimum absolute atomic E-state index is 0.00743. The van der Waals surface area contributed by atoms with Crippen LogP contribution in [0.3, 0.4) is 0 Å². The number of benzene rings is 1. The Kier molecular flexibility index (Phi) is 4.59. The quantitative estimate of drug-likeness (QED) is 0.537. The second kappa shape index (κ2) is 5.95. The summed E-state index contributed by atoms with van der Waals surface area (Å²) < 4.78 is 5.16. The Labute approximate surface area is 104 Å². The van der Waals surface area contributed by atoms with Gasteiger partial charge >= 0.3 is 0 Å². The zero-order valence-corrected chi connectivity index (χ0v) is 10.1. The number of methoxy groups -OCH3 is 1. The lowest BCUT2D eigenvalue weighted by Crippen LogP contribution is -2.26. The Hall–Kier alpha value is -1.95. The molecule has 6 nitrogen and oxygen atoms in total. The second-order valence-electron chi connectivity index (χ2n) is 3.13. The Bertz CT molecular complexity index is 454. The van der Waals surface area contributed by atoms with Crippen LogP contribution in [0, 0.1) is 0 Å². The van der Waals surface area contributed by atoms with Gasteiger partial charge in [-0.15, -0.1) is 0 Å². The van der Waals surface area contributed by atoms with E-state index in [2.05, 4.69) is 9.98 Å². The van der Waals surface area contributed by atoms with Gasteiger partial charge in [0.1, 0.15) is 5.75 Å². The van der Waals surface area contributed by atoms with Gasteiger partial charge in [0.25, 0.3) is 0 Å². The van der Waals surface area contributed by atoms with Crippen LogP contribution in [-0.4, -0.2) is 19.0 Å². The van der Waals surface area contributed by atoms with Crippen LogP contribution in [0.2, 0.25) is 5.02 Å². The van der Waals surface area contributed by atoms with Gasteiger partial charge in [-0.05, 0) is 12.1 Å². The van der Waals surface area contributed by atoms with Crippen LogP contribution in [0.15, 0.2) is 28.2 Å². The Morgan fingerprint density at radius 1 is 1.35 bits per heavy atom. The maximum Gasteiger partial charge on any atom is 0.218 e. The number of aliphatic imine (C=N–C) groups is 2. The molecule has 1 rings (SSSR count). The van der Waals surface area contributed by atoms with E-state index in [1.54, 1.807) is 25.3 Å². The van der Waals surface area contributed by atoms with Gasteiger partial charge in [0.15, 0.2) is 5.96 Å². The first-order chi connectivity index (χ1) is 8.04. The second-order valence-corrected chi connectivity index (χ2v) is 3.54. The molecule has 0 saturated heterocycles. The van der Waals surface area contributed by atoms with Crippen molar-refractivity contribution in [1.29, 1.82) is 0 Å². The molecule has 0 amide bonds. The van der Waals surface area contributed by atoms with E-state index >= 15 is 0 Å². The maximum absolute atomic E-state index is 6.02. The molecule has 7 heteroatoms. The van der Waals surface area contributed by atoms with E-state index in [-0.39, 0.29) is 18.5 Å². The van der Waals surface area contributed by atoms with Crippen molar-refractivity contribution in [1.82, 2.24) is 0 Å². The summed E-state index contributed by atoms with van der Waals surface area (Å²) in [5.41, 5.74) is 16.5. The molecule has 6 N–H and O–H groups in total. The van der Waals surface area contributed by atoms with Crippen molar-refractivity contribution in [2.24, 2.45) is 27.2 Å². The highest BCUT2D eigenvalue weighted by atomic mass is 35.5. The lowest BCUT2D eigenvalue weighted by Gasteiger charge is -2.07. The van der Waals surface area contributed by atoms with Gasteiger partial charge in [-0.3, -0.25) is 0 Å². The highest BCUT2D eigenvalue weighted by Gasteiger charge is 2.06. The van der Waals surface area contributed by atoms with E-state index in [9.17, 15) is 0 Å². The van der Waals surface area contributed by atoms with E-state index in [1.165, 1.54) is 0 Å². The first kappa shape index (κ1) is 13.1. The van der Waals surface area contributed by atoms with Crippen LogP contribution >= 0.6 is 11.6 Å². The fraction of sp³-hybridized carbons (Fsp3) is 0.200. The average Bonchev–Trinajstić information content (AvgIpc) is 2.26. The van der Waals surface area contributed by atoms with Crippen molar-refractivity contribution in [3.05, 3.63) is 28.8 Å². The first-order valence-electron chi connectivity index (χ1n) is 4.75. The first-order valence-corrected chi connectivity index (χ1v) is 5.13. The molecular weight excluding hydrogens is 242 g/mol. The maximum atomic E-state index is 6.02. The van der Waals surface area contributed by atoms with Gasteiger partial charge in [0.05, 0.1) is 13.7 Å². The summed E-state index contributed by atoms with van der Waals surface area (Å²) in [6.45, 7) is 0.242. The summed E-state index contributed by atoms with van der Waals surface area (Å²) in [6, 6.07) is 5.31. The normalized spacial score (nSPS) is 11.1. The monoisotopic (exact) mass is 255 g/mol. The summed E-state index contributed by atoms with van der Waals surface area (Å²) in [4.78, 5) is 7.58. The van der Waals surface area contributed by atoms with Gasteiger partial charge in [-0.1, -0.05) is 17.7 Å². The highest BCUT2D eigenvalue weighted by Crippen LogP contribution is 2.26. The lowest BCUT2D eigenvalue weighted by molar-refractivity contribution is 0.410. The summed E-state index contributed by atoms with van der Waals surface area (Å²) in [5.74, 6) is 0.489. The smallest absolute Gasteiger partial charge is 0.218 e. The van der Waals surface area contributed by atoms with Gasteiger partial charge in [-0.2, -0.15) is 4.99 Å². The number of rotatable bonds is 3. The molecule has 0 unspecified atom stereocenters. The van der Waals surface area contributed by atoms with Gasteiger partial charge in [-0.25, -0.2) is 4.99 Å². The van der Waals surface area contributed by atoms with Crippen molar-refractivity contribution in [2.75, 3.05) is 7.11 Å². The molecular formula is C10H14ClN5O. The number of halogens is 1. The third-order valence-corrected chi connectivity index (χ3v) is 2.29. The number of ether oxygens (including phenoxy) is 1. The predicted molar refractivity (Wildman–Crippen MR) is 69.1 cm³/mol. The number of guanidine groups is 2. The fourth-order valence-corrected chi connectivity index (χ4v) is 1.44. The lowest BCUT2D eigenvalue weighted by atomic mass is 10.2. The largest absolute Gasteiger partial charge is 0.496 e. The molecule has 17 heavy (non-hydrogen) atoms. The summed E-state index contributed by atoms with van der Waals surface area (Å²) in [5, 5.41) is 0.547. The zero-order chi connectivity index (χ0) is 12.8.